The zero-order chi connectivity index (χ0) is 16.0. The third-order valence-electron chi connectivity index (χ3n) is 3.69. The lowest BCUT2D eigenvalue weighted by atomic mass is 9.99. The third-order valence-corrected chi connectivity index (χ3v) is 6.03. The Morgan fingerprint density at radius 1 is 1.14 bits per heavy atom. The lowest BCUT2D eigenvalue weighted by Crippen LogP contribution is -2.23. The number of hydrogen-bond donors (Lipinski definition) is 1. The zero-order valence-electron chi connectivity index (χ0n) is 13.1. The first kappa shape index (κ1) is 18.3. The zero-order valence-corrected chi connectivity index (χ0v) is 14.7. The highest BCUT2D eigenvalue weighted by Crippen LogP contribution is 2.20. The van der Waals surface area contributed by atoms with E-state index in [0.717, 1.165) is 18.5 Å². The smallest absolute Gasteiger partial charge is 0.242 e. The molecule has 0 heterocycles. The molecule has 120 valence electrons. The Bertz CT molecular complexity index is 525. The topological polar surface area (TPSA) is 49.4 Å². The minimum Gasteiger partial charge on any atom is -0.384 e. The summed E-state index contributed by atoms with van der Waals surface area (Å²) in [6.07, 6.45) is 2.12. The minimum absolute atomic E-state index is 0.0742. The van der Waals surface area contributed by atoms with Crippen molar-refractivity contribution >= 4 is 27.3 Å². The van der Waals surface area contributed by atoms with Gasteiger partial charge in [0.1, 0.15) is 0 Å². The number of anilines is 1. The van der Waals surface area contributed by atoms with E-state index in [1.807, 2.05) is 0 Å². The SMILES string of the molecule is CCC(CC)C(Cl)CNc1ccc(S(=O)(=O)N(C)C)cc1. The number of rotatable bonds is 8. The van der Waals surface area contributed by atoms with Gasteiger partial charge in [-0.25, -0.2) is 12.7 Å². The van der Waals surface area contributed by atoms with Gasteiger partial charge in [0.15, 0.2) is 0 Å². The van der Waals surface area contributed by atoms with E-state index in [4.69, 9.17) is 11.6 Å². The lowest BCUT2D eigenvalue weighted by molar-refractivity contribution is 0.475. The van der Waals surface area contributed by atoms with Crippen molar-refractivity contribution in [3.05, 3.63) is 24.3 Å². The highest BCUT2D eigenvalue weighted by atomic mass is 35.5. The quantitative estimate of drug-likeness (QED) is 0.742. The van der Waals surface area contributed by atoms with E-state index < -0.39 is 10.0 Å². The molecular formula is C15H25ClN2O2S. The summed E-state index contributed by atoms with van der Waals surface area (Å²) in [6, 6.07) is 6.76. The first-order chi connectivity index (χ1) is 9.82. The molecule has 0 aliphatic rings. The summed E-state index contributed by atoms with van der Waals surface area (Å²) in [5.41, 5.74) is 0.879. The predicted molar refractivity (Wildman–Crippen MR) is 89.5 cm³/mol. The second-order valence-electron chi connectivity index (χ2n) is 5.29. The summed E-state index contributed by atoms with van der Waals surface area (Å²) in [4.78, 5) is 0.292. The highest BCUT2D eigenvalue weighted by molar-refractivity contribution is 7.89. The van der Waals surface area contributed by atoms with E-state index in [0.29, 0.717) is 17.4 Å². The van der Waals surface area contributed by atoms with Crippen LogP contribution in [0.25, 0.3) is 0 Å². The van der Waals surface area contributed by atoms with Crippen molar-refractivity contribution in [2.75, 3.05) is 26.0 Å². The van der Waals surface area contributed by atoms with E-state index in [2.05, 4.69) is 19.2 Å². The van der Waals surface area contributed by atoms with Crippen LogP contribution in [-0.4, -0.2) is 38.7 Å². The Hall–Kier alpha value is -0.780. The largest absolute Gasteiger partial charge is 0.384 e. The third kappa shape index (κ3) is 4.87. The van der Waals surface area contributed by atoms with Crippen LogP contribution in [-0.2, 0) is 10.0 Å². The lowest BCUT2D eigenvalue weighted by Gasteiger charge is -2.20. The van der Waals surface area contributed by atoms with Crippen LogP contribution in [0, 0.1) is 5.92 Å². The van der Waals surface area contributed by atoms with Crippen LogP contribution in [0.3, 0.4) is 0 Å². The molecule has 0 fully saturated rings. The predicted octanol–water partition coefficient (Wildman–Crippen LogP) is 3.39. The molecule has 0 aliphatic carbocycles. The second-order valence-corrected chi connectivity index (χ2v) is 8.00. The first-order valence-electron chi connectivity index (χ1n) is 7.23. The van der Waals surface area contributed by atoms with Crippen molar-refractivity contribution < 1.29 is 8.42 Å². The fraction of sp³-hybridized carbons (Fsp3) is 0.600. The molecule has 1 aromatic carbocycles. The molecule has 1 aromatic rings. The molecule has 4 nitrogen and oxygen atoms in total. The Morgan fingerprint density at radius 2 is 1.67 bits per heavy atom. The van der Waals surface area contributed by atoms with E-state index in [9.17, 15) is 8.42 Å². The van der Waals surface area contributed by atoms with Gasteiger partial charge in [-0.3, -0.25) is 0 Å². The maximum absolute atomic E-state index is 12.0. The normalized spacial score (nSPS) is 13.7. The molecular weight excluding hydrogens is 308 g/mol. The molecule has 0 spiro atoms. The van der Waals surface area contributed by atoms with E-state index in [-0.39, 0.29) is 5.38 Å². The summed E-state index contributed by atoms with van der Waals surface area (Å²) >= 11 is 6.38. The van der Waals surface area contributed by atoms with Crippen LogP contribution in [0.1, 0.15) is 26.7 Å². The summed E-state index contributed by atoms with van der Waals surface area (Å²) in [6.45, 7) is 4.96. The van der Waals surface area contributed by atoms with Crippen LogP contribution >= 0.6 is 11.6 Å². The van der Waals surface area contributed by atoms with Gasteiger partial charge in [-0.1, -0.05) is 26.7 Å². The molecule has 1 rings (SSSR count). The van der Waals surface area contributed by atoms with Crippen LogP contribution < -0.4 is 5.32 Å². The minimum atomic E-state index is -3.37. The average molecular weight is 333 g/mol. The summed E-state index contributed by atoms with van der Waals surface area (Å²) < 4.78 is 25.1. The van der Waals surface area contributed by atoms with Crippen molar-refractivity contribution in [1.29, 1.82) is 0 Å². The van der Waals surface area contributed by atoms with Crippen LogP contribution in [0.5, 0.6) is 0 Å². The number of sulfonamides is 1. The maximum Gasteiger partial charge on any atom is 0.242 e. The number of halogens is 1. The monoisotopic (exact) mass is 332 g/mol. The highest BCUT2D eigenvalue weighted by Gasteiger charge is 2.17. The summed E-state index contributed by atoms with van der Waals surface area (Å²) in [5, 5.41) is 3.34. The van der Waals surface area contributed by atoms with Crippen LogP contribution in [0.4, 0.5) is 5.69 Å². The molecule has 0 aromatic heterocycles. The standard InChI is InChI=1S/C15H25ClN2O2S/c1-5-12(6-2)15(16)11-17-13-7-9-14(10-8-13)21(19,20)18(3)4/h7-10,12,15,17H,5-6,11H2,1-4H3. The molecule has 0 radical (unpaired) electrons. The molecule has 1 unspecified atom stereocenters. The van der Waals surface area contributed by atoms with Crippen molar-refractivity contribution in [3.63, 3.8) is 0 Å². The molecule has 0 aliphatic heterocycles. The van der Waals surface area contributed by atoms with Gasteiger partial charge in [0.2, 0.25) is 10.0 Å². The van der Waals surface area contributed by atoms with Gasteiger partial charge in [0, 0.05) is 26.3 Å². The second kappa shape index (κ2) is 8.01. The van der Waals surface area contributed by atoms with Gasteiger partial charge in [0.05, 0.1) is 10.3 Å². The molecule has 1 atom stereocenters. The van der Waals surface area contributed by atoms with E-state index >= 15 is 0 Å². The van der Waals surface area contributed by atoms with E-state index in [1.165, 1.54) is 18.4 Å². The number of nitrogens with zero attached hydrogens (tertiary/aromatic N) is 1. The summed E-state index contributed by atoms with van der Waals surface area (Å²) in [5.74, 6) is 0.493. The Morgan fingerprint density at radius 3 is 2.10 bits per heavy atom. The fourth-order valence-corrected chi connectivity index (χ4v) is 3.47. The van der Waals surface area contributed by atoms with Gasteiger partial charge in [0.25, 0.3) is 0 Å². The molecule has 0 saturated carbocycles. The number of benzene rings is 1. The molecule has 1 N–H and O–H groups in total. The molecule has 0 bridgehead atoms. The molecule has 21 heavy (non-hydrogen) atoms. The van der Waals surface area contributed by atoms with Gasteiger partial charge < -0.3 is 5.32 Å². The van der Waals surface area contributed by atoms with Crippen molar-refractivity contribution in [1.82, 2.24) is 4.31 Å². The van der Waals surface area contributed by atoms with Crippen molar-refractivity contribution in [3.8, 4) is 0 Å². The van der Waals surface area contributed by atoms with Crippen molar-refractivity contribution in [2.45, 2.75) is 37.0 Å². The Kier molecular flexibility index (Phi) is 6.97. The van der Waals surface area contributed by atoms with Gasteiger partial charge in [-0.05, 0) is 30.2 Å². The van der Waals surface area contributed by atoms with Gasteiger partial charge in [-0.2, -0.15) is 0 Å². The Labute approximate surface area is 133 Å². The average Bonchev–Trinajstić information content (AvgIpc) is 2.46. The number of alkyl halides is 1. The summed E-state index contributed by atoms with van der Waals surface area (Å²) in [7, 11) is -0.321. The van der Waals surface area contributed by atoms with E-state index in [1.54, 1.807) is 24.3 Å². The molecule has 0 amide bonds. The van der Waals surface area contributed by atoms with Crippen molar-refractivity contribution in [2.24, 2.45) is 5.92 Å². The van der Waals surface area contributed by atoms with Gasteiger partial charge >= 0.3 is 0 Å². The number of hydrogen-bond acceptors (Lipinski definition) is 3. The van der Waals surface area contributed by atoms with Crippen LogP contribution in [0.2, 0.25) is 0 Å². The maximum atomic E-state index is 12.0. The molecule has 6 heteroatoms. The first-order valence-corrected chi connectivity index (χ1v) is 9.11. The number of nitrogens with one attached hydrogen (secondary N) is 1. The van der Waals surface area contributed by atoms with Gasteiger partial charge in [-0.15, -0.1) is 11.6 Å². The Balaban J connectivity index is 2.68. The van der Waals surface area contributed by atoms with Crippen LogP contribution in [0.15, 0.2) is 29.2 Å². The fourth-order valence-electron chi connectivity index (χ4n) is 2.14. The molecule has 0 saturated heterocycles.